The van der Waals surface area contributed by atoms with E-state index in [0.29, 0.717) is 23.5 Å². The van der Waals surface area contributed by atoms with Crippen molar-refractivity contribution in [1.29, 1.82) is 0 Å². The van der Waals surface area contributed by atoms with Crippen molar-refractivity contribution in [2.75, 3.05) is 6.54 Å². The SMILES string of the molecule is O=c1c2c(O)cccc2ncn1CC1CCCCN1. The molecule has 100 valence electrons. The van der Waals surface area contributed by atoms with Crippen LogP contribution in [0.2, 0.25) is 0 Å². The zero-order valence-corrected chi connectivity index (χ0v) is 10.7. The fourth-order valence-corrected chi connectivity index (χ4v) is 2.63. The molecule has 2 N–H and O–H groups in total. The van der Waals surface area contributed by atoms with Crippen molar-refractivity contribution in [3.05, 3.63) is 34.9 Å². The Morgan fingerprint density at radius 1 is 1.42 bits per heavy atom. The van der Waals surface area contributed by atoms with Crippen molar-refractivity contribution in [2.45, 2.75) is 31.8 Å². The van der Waals surface area contributed by atoms with Gasteiger partial charge in [-0.3, -0.25) is 9.36 Å². The lowest BCUT2D eigenvalue weighted by Crippen LogP contribution is -2.39. The quantitative estimate of drug-likeness (QED) is 0.851. The number of hydrogen-bond donors (Lipinski definition) is 2. The highest BCUT2D eigenvalue weighted by Crippen LogP contribution is 2.18. The summed E-state index contributed by atoms with van der Waals surface area (Å²) in [4.78, 5) is 16.6. The van der Waals surface area contributed by atoms with Gasteiger partial charge in [-0.2, -0.15) is 0 Å². The van der Waals surface area contributed by atoms with E-state index in [0.717, 1.165) is 13.0 Å². The highest BCUT2D eigenvalue weighted by atomic mass is 16.3. The van der Waals surface area contributed by atoms with Gasteiger partial charge < -0.3 is 10.4 Å². The minimum absolute atomic E-state index is 0.000883. The number of nitrogens with one attached hydrogen (secondary N) is 1. The molecule has 1 aromatic carbocycles. The van der Waals surface area contributed by atoms with E-state index >= 15 is 0 Å². The second kappa shape index (κ2) is 5.01. The standard InChI is InChI=1S/C14H17N3O2/c18-12-6-3-5-11-13(12)14(19)17(9-16-11)8-10-4-1-2-7-15-10/h3,5-6,9-10,15,18H,1-2,4,7-8H2. The Hall–Kier alpha value is -1.88. The molecule has 0 amide bonds. The van der Waals surface area contributed by atoms with Crippen LogP contribution in [0.4, 0.5) is 0 Å². The summed E-state index contributed by atoms with van der Waals surface area (Å²) in [7, 11) is 0. The number of benzene rings is 1. The molecule has 2 heterocycles. The van der Waals surface area contributed by atoms with Crippen LogP contribution in [0.3, 0.4) is 0 Å². The topological polar surface area (TPSA) is 67.1 Å². The summed E-state index contributed by atoms with van der Waals surface area (Å²) in [5.74, 6) is 0.000883. The van der Waals surface area contributed by atoms with E-state index in [1.807, 2.05) is 0 Å². The molecule has 5 nitrogen and oxygen atoms in total. The highest BCUT2D eigenvalue weighted by Gasteiger charge is 2.15. The average Bonchev–Trinajstić information content (AvgIpc) is 2.43. The molecule has 0 aliphatic carbocycles. The number of phenolic OH excluding ortho intramolecular Hbond substituents is 1. The van der Waals surface area contributed by atoms with E-state index in [1.165, 1.54) is 18.9 Å². The molecule has 0 spiro atoms. The molecule has 1 atom stereocenters. The highest BCUT2D eigenvalue weighted by molar-refractivity contribution is 5.83. The van der Waals surface area contributed by atoms with Crippen molar-refractivity contribution >= 4 is 10.9 Å². The van der Waals surface area contributed by atoms with Crippen molar-refractivity contribution in [3.8, 4) is 5.75 Å². The normalized spacial score (nSPS) is 19.7. The van der Waals surface area contributed by atoms with E-state index in [2.05, 4.69) is 10.3 Å². The van der Waals surface area contributed by atoms with Crippen LogP contribution in [0.1, 0.15) is 19.3 Å². The number of nitrogens with zero attached hydrogens (tertiary/aromatic N) is 2. The van der Waals surface area contributed by atoms with Gasteiger partial charge in [-0.1, -0.05) is 12.5 Å². The van der Waals surface area contributed by atoms with Crippen LogP contribution >= 0.6 is 0 Å². The van der Waals surface area contributed by atoms with E-state index in [-0.39, 0.29) is 11.3 Å². The Morgan fingerprint density at radius 2 is 2.32 bits per heavy atom. The first-order valence-corrected chi connectivity index (χ1v) is 6.66. The molecule has 1 fully saturated rings. The molecule has 1 aliphatic heterocycles. The Bertz CT molecular complexity index is 645. The molecular formula is C14H17N3O2. The lowest BCUT2D eigenvalue weighted by Gasteiger charge is -2.24. The number of fused-ring (bicyclic) bond motifs is 1. The maximum atomic E-state index is 12.4. The minimum atomic E-state index is -0.171. The fraction of sp³-hybridized carbons (Fsp3) is 0.429. The van der Waals surface area contributed by atoms with Crippen LogP contribution in [0.15, 0.2) is 29.3 Å². The first-order chi connectivity index (χ1) is 9.25. The van der Waals surface area contributed by atoms with Crippen molar-refractivity contribution < 1.29 is 5.11 Å². The van der Waals surface area contributed by atoms with Crippen LogP contribution in [0.25, 0.3) is 10.9 Å². The maximum absolute atomic E-state index is 12.4. The molecule has 2 aromatic rings. The smallest absolute Gasteiger partial charge is 0.265 e. The molecule has 3 rings (SSSR count). The molecule has 0 radical (unpaired) electrons. The maximum Gasteiger partial charge on any atom is 0.265 e. The van der Waals surface area contributed by atoms with Crippen molar-refractivity contribution in [3.63, 3.8) is 0 Å². The van der Waals surface area contributed by atoms with Gasteiger partial charge in [-0.15, -0.1) is 0 Å². The van der Waals surface area contributed by atoms with E-state index in [4.69, 9.17) is 0 Å². The molecule has 1 saturated heterocycles. The van der Waals surface area contributed by atoms with Gasteiger partial charge in [-0.25, -0.2) is 4.98 Å². The van der Waals surface area contributed by atoms with Crippen molar-refractivity contribution in [2.24, 2.45) is 0 Å². The largest absolute Gasteiger partial charge is 0.507 e. The van der Waals surface area contributed by atoms with Crippen molar-refractivity contribution in [1.82, 2.24) is 14.9 Å². The number of piperidine rings is 1. The van der Waals surface area contributed by atoms with Crippen LogP contribution < -0.4 is 10.9 Å². The third-order valence-corrected chi connectivity index (χ3v) is 3.66. The molecule has 5 heteroatoms. The second-order valence-corrected chi connectivity index (χ2v) is 5.02. The van der Waals surface area contributed by atoms with E-state index in [1.54, 1.807) is 23.0 Å². The van der Waals surface area contributed by atoms with Gasteiger partial charge in [-0.05, 0) is 31.5 Å². The summed E-state index contributed by atoms with van der Waals surface area (Å²) in [6.45, 7) is 1.61. The number of aromatic nitrogens is 2. The number of phenols is 1. The van der Waals surface area contributed by atoms with Gasteiger partial charge in [0.05, 0.1) is 11.8 Å². The zero-order chi connectivity index (χ0) is 13.2. The molecular weight excluding hydrogens is 242 g/mol. The fourth-order valence-electron chi connectivity index (χ4n) is 2.63. The molecule has 19 heavy (non-hydrogen) atoms. The second-order valence-electron chi connectivity index (χ2n) is 5.02. The van der Waals surface area contributed by atoms with Crippen LogP contribution in [-0.2, 0) is 6.54 Å². The Labute approximate surface area is 110 Å². The first-order valence-electron chi connectivity index (χ1n) is 6.66. The van der Waals surface area contributed by atoms with Gasteiger partial charge >= 0.3 is 0 Å². The summed E-state index contributed by atoms with van der Waals surface area (Å²) in [5, 5.41) is 13.5. The van der Waals surface area contributed by atoms with Gasteiger partial charge in [0.2, 0.25) is 0 Å². The zero-order valence-electron chi connectivity index (χ0n) is 10.7. The summed E-state index contributed by atoms with van der Waals surface area (Å²) in [6, 6.07) is 5.27. The Balaban J connectivity index is 1.98. The first kappa shape index (κ1) is 12.2. The van der Waals surface area contributed by atoms with Crippen LogP contribution in [0, 0.1) is 0 Å². The summed E-state index contributed by atoms with van der Waals surface area (Å²) >= 11 is 0. The summed E-state index contributed by atoms with van der Waals surface area (Å²) in [5.41, 5.74) is 0.369. The summed E-state index contributed by atoms with van der Waals surface area (Å²) in [6.07, 6.45) is 5.03. The summed E-state index contributed by atoms with van der Waals surface area (Å²) < 4.78 is 1.59. The lowest BCUT2D eigenvalue weighted by molar-refractivity contribution is 0.359. The Kier molecular flexibility index (Phi) is 3.21. The third-order valence-electron chi connectivity index (χ3n) is 3.66. The average molecular weight is 259 g/mol. The van der Waals surface area contributed by atoms with Gasteiger partial charge in [0.15, 0.2) is 0 Å². The molecule has 0 saturated carbocycles. The van der Waals surface area contributed by atoms with E-state index in [9.17, 15) is 9.90 Å². The molecule has 1 aliphatic rings. The third kappa shape index (κ3) is 2.33. The number of hydrogen-bond acceptors (Lipinski definition) is 4. The van der Waals surface area contributed by atoms with Gasteiger partial charge in [0.1, 0.15) is 11.1 Å². The number of rotatable bonds is 2. The van der Waals surface area contributed by atoms with E-state index < -0.39 is 0 Å². The predicted octanol–water partition coefficient (Wildman–Crippen LogP) is 1.24. The van der Waals surface area contributed by atoms with Crippen LogP contribution in [-0.4, -0.2) is 27.2 Å². The molecule has 1 aromatic heterocycles. The predicted molar refractivity (Wildman–Crippen MR) is 73.3 cm³/mol. The lowest BCUT2D eigenvalue weighted by atomic mass is 10.1. The minimum Gasteiger partial charge on any atom is -0.507 e. The monoisotopic (exact) mass is 259 g/mol. The van der Waals surface area contributed by atoms with Crippen LogP contribution in [0.5, 0.6) is 5.75 Å². The Morgan fingerprint density at radius 3 is 3.11 bits per heavy atom. The molecule has 0 bridgehead atoms. The van der Waals surface area contributed by atoms with Gasteiger partial charge in [0, 0.05) is 12.6 Å². The van der Waals surface area contributed by atoms with Gasteiger partial charge in [0.25, 0.3) is 5.56 Å². The number of aromatic hydroxyl groups is 1. The molecule has 1 unspecified atom stereocenters.